The number of sulfonamides is 1. The average Bonchev–Trinajstić information content (AvgIpc) is 2.89. The molecule has 7 heteroatoms. The summed E-state index contributed by atoms with van der Waals surface area (Å²) in [6, 6.07) is 10.5. The topological polar surface area (TPSA) is 59.5 Å². The van der Waals surface area contributed by atoms with Crippen LogP contribution in [0.2, 0.25) is 5.15 Å². The molecule has 1 saturated heterocycles. The third-order valence-electron chi connectivity index (χ3n) is 4.51. The predicted octanol–water partition coefficient (Wildman–Crippen LogP) is 4.05. The molecule has 2 aromatic rings. The Hall–Kier alpha value is -1.63. The first kappa shape index (κ1) is 18.2. The molecule has 2 heterocycles. The number of halogens is 1. The summed E-state index contributed by atoms with van der Waals surface area (Å²) >= 11 is 5.80. The molecular weight excluding hydrogens is 360 g/mol. The van der Waals surface area contributed by atoms with Crippen LogP contribution >= 0.6 is 11.6 Å². The minimum absolute atomic E-state index is 0.178. The van der Waals surface area contributed by atoms with E-state index in [1.54, 1.807) is 11.4 Å². The summed E-state index contributed by atoms with van der Waals surface area (Å²) in [7, 11) is -2.02. The number of benzene rings is 1. The van der Waals surface area contributed by atoms with Crippen molar-refractivity contribution in [1.82, 2.24) is 9.29 Å². The van der Waals surface area contributed by atoms with Crippen LogP contribution in [0.1, 0.15) is 37.3 Å². The van der Waals surface area contributed by atoms with Crippen LogP contribution in [-0.4, -0.2) is 31.4 Å². The van der Waals surface area contributed by atoms with Gasteiger partial charge in [-0.2, -0.15) is 4.31 Å². The highest BCUT2D eigenvalue weighted by Gasteiger charge is 2.33. The van der Waals surface area contributed by atoms with Gasteiger partial charge < -0.3 is 4.74 Å². The Morgan fingerprint density at radius 2 is 1.88 bits per heavy atom. The SMILES string of the molecule is COc1ccc([C@H]2CCCCCN2S(=O)(=O)c2ccc(Cl)nc2)cc1. The number of hydrogen-bond acceptors (Lipinski definition) is 4. The Morgan fingerprint density at radius 1 is 1.12 bits per heavy atom. The molecule has 134 valence electrons. The first-order valence-corrected chi connectivity index (χ1v) is 10.1. The number of aromatic nitrogens is 1. The lowest BCUT2D eigenvalue weighted by atomic mass is 10.0. The number of hydrogen-bond donors (Lipinski definition) is 0. The summed E-state index contributed by atoms with van der Waals surface area (Å²) in [5, 5.41) is 0.279. The molecule has 25 heavy (non-hydrogen) atoms. The van der Waals surface area contributed by atoms with Crippen molar-refractivity contribution in [3.63, 3.8) is 0 Å². The van der Waals surface area contributed by atoms with Gasteiger partial charge in [-0.25, -0.2) is 13.4 Å². The highest BCUT2D eigenvalue weighted by molar-refractivity contribution is 7.89. The maximum absolute atomic E-state index is 13.2. The summed E-state index contributed by atoms with van der Waals surface area (Å²) in [4.78, 5) is 4.11. The molecule has 0 spiro atoms. The lowest BCUT2D eigenvalue weighted by Gasteiger charge is -2.29. The fourth-order valence-electron chi connectivity index (χ4n) is 3.18. The van der Waals surface area contributed by atoms with E-state index in [4.69, 9.17) is 16.3 Å². The fourth-order valence-corrected chi connectivity index (χ4v) is 4.92. The van der Waals surface area contributed by atoms with Gasteiger partial charge in [-0.1, -0.05) is 36.6 Å². The highest BCUT2D eigenvalue weighted by atomic mass is 35.5. The van der Waals surface area contributed by atoms with E-state index in [-0.39, 0.29) is 16.1 Å². The smallest absolute Gasteiger partial charge is 0.245 e. The van der Waals surface area contributed by atoms with Crippen molar-refractivity contribution in [1.29, 1.82) is 0 Å². The predicted molar refractivity (Wildman–Crippen MR) is 97.3 cm³/mol. The van der Waals surface area contributed by atoms with E-state index in [1.807, 2.05) is 24.3 Å². The van der Waals surface area contributed by atoms with Crippen molar-refractivity contribution in [3.8, 4) is 5.75 Å². The molecule has 1 aliphatic heterocycles. The second kappa shape index (κ2) is 7.72. The van der Waals surface area contributed by atoms with E-state index in [9.17, 15) is 8.42 Å². The third-order valence-corrected chi connectivity index (χ3v) is 6.63. The van der Waals surface area contributed by atoms with E-state index < -0.39 is 10.0 Å². The van der Waals surface area contributed by atoms with Gasteiger partial charge in [0.05, 0.1) is 13.2 Å². The van der Waals surface area contributed by atoms with E-state index in [0.717, 1.165) is 37.0 Å². The largest absolute Gasteiger partial charge is 0.497 e. The van der Waals surface area contributed by atoms with Gasteiger partial charge in [0.1, 0.15) is 15.8 Å². The number of methoxy groups -OCH3 is 1. The van der Waals surface area contributed by atoms with E-state index >= 15 is 0 Å². The molecule has 1 fully saturated rings. The molecule has 0 saturated carbocycles. The maximum atomic E-state index is 13.2. The number of pyridine rings is 1. The van der Waals surface area contributed by atoms with Crippen LogP contribution in [0.3, 0.4) is 0 Å². The van der Waals surface area contributed by atoms with E-state index in [0.29, 0.717) is 6.54 Å². The second-order valence-electron chi connectivity index (χ2n) is 6.07. The summed E-state index contributed by atoms with van der Waals surface area (Å²) in [6.07, 6.45) is 5.01. The Bertz CT molecular complexity index is 807. The van der Waals surface area contributed by atoms with Crippen LogP contribution in [0.25, 0.3) is 0 Å². The Labute approximate surface area is 153 Å². The minimum Gasteiger partial charge on any atom is -0.497 e. The van der Waals surface area contributed by atoms with Crippen LogP contribution in [0.5, 0.6) is 5.75 Å². The van der Waals surface area contributed by atoms with Crippen molar-refractivity contribution in [3.05, 3.63) is 53.3 Å². The Morgan fingerprint density at radius 3 is 2.52 bits per heavy atom. The normalized spacial score (nSPS) is 19.4. The van der Waals surface area contributed by atoms with E-state index in [2.05, 4.69) is 4.98 Å². The molecule has 0 bridgehead atoms. The Kier molecular flexibility index (Phi) is 5.61. The first-order valence-electron chi connectivity index (χ1n) is 8.30. The van der Waals surface area contributed by atoms with Crippen molar-refractivity contribution >= 4 is 21.6 Å². The quantitative estimate of drug-likeness (QED) is 0.751. The van der Waals surface area contributed by atoms with Crippen LogP contribution in [0, 0.1) is 0 Å². The molecule has 1 aromatic heterocycles. The highest BCUT2D eigenvalue weighted by Crippen LogP contribution is 2.35. The zero-order valence-corrected chi connectivity index (χ0v) is 15.6. The van der Waals surface area contributed by atoms with Gasteiger partial charge in [-0.05, 0) is 42.7 Å². The van der Waals surface area contributed by atoms with Gasteiger partial charge in [0, 0.05) is 12.7 Å². The van der Waals surface area contributed by atoms with Crippen LogP contribution in [0.15, 0.2) is 47.5 Å². The van der Waals surface area contributed by atoms with Gasteiger partial charge >= 0.3 is 0 Å². The first-order chi connectivity index (χ1) is 12.0. The summed E-state index contributed by atoms with van der Waals surface area (Å²) in [5.74, 6) is 0.758. The molecular formula is C18H21ClN2O3S. The number of rotatable bonds is 4. The molecule has 1 aliphatic rings. The van der Waals surface area contributed by atoms with E-state index in [1.165, 1.54) is 18.3 Å². The molecule has 1 atom stereocenters. The molecule has 0 N–H and O–H groups in total. The maximum Gasteiger partial charge on any atom is 0.245 e. The molecule has 0 unspecified atom stereocenters. The summed E-state index contributed by atoms with van der Waals surface area (Å²) < 4.78 is 33.2. The van der Waals surface area contributed by atoms with Crippen molar-refractivity contribution in [2.45, 2.75) is 36.6 Å². The summed E-state index contributed by atoms with van der Waals surface area (Å²) in [5.41, 5.74) is 0.980. The van der Waals surface area contributed by atoms with Gasteiger partial charge in [0.15, 0.2) is 0 Å². The lowest BCUT2D eigenvalue weighted by Crippen LogP contribution is -2.34. The molecule has 0 radical (unpaired) electrons. The van der Waals surface area contributed by atoms with Crippen molar-refractivity contribution in [2.75, 3.05) is 13.7 Å². The van der Waals surface area contributed by atoms with Gasteiger partial charge in [0.2, 0.25) is 10.0 Å². The van der Waals surface area contributed by atoms with Gasteiger partial charge in [-0.3, -0.25) is 0 Å². The zero-order chi connectivity index (χ0) is 17.9. The molecule has 3 rings (SSSR count). The Balaban J connectivity index is 1.98. The summed E-state index contributed by atoms with van der Waals surface area (Å²) in [6.45, 7) is 0.502. The van der Waals surface area contributed by atoms with Crippen LogP contribution < -0.4 is 4.74 Å². The molecule has 5 nitrogen and oxygen atoms in total. The monoisotopic (exact) mass is 380 g/mol. The number of ether oxygens (including phenoxy) is 1. The molecule has 1 aromatic carbocycles. The fraction of sp³-hybridized carbons (Fsp3) is 0.389. The van der Waals surface area contributed by atoms with Gasteiger partial charge in [0.25, 0.3) is 0 Å². The standard InChI is InChI=1S/C18H21ClN2O3S/c1-24-15-8-6-14(7-9-15)17-5-3-2-4-12-21(17)25(22,23)16-10-11-18(19)20-13-16/h6-11,13,17H,2-5,12H2,1H3/t17-/m1/s1. The lowest BCUT2D eigenvalue weighted by molar-refractivity contribution is 0.328. The average molecular weight is 381 g/mol. The second-order valence-corrected chi connectivity index (χ2v) is 8.35. The van der Waals surface area contributed by atoms with Crippen molar-refractivity contribution in [2.24, 2.45) is 0 Å². The van der Waals surface area contributed by atoms with Crippen LogP contribution in [-0.2, 0) is 10.0 Å². The zero-order valence-electron chi connectivity index (χ0n) is 14.1. The molecule has 0 amide bonds. The minimum atomic E-state index is -3.63. The third kappa shape index (κ3) is 3.97. The van der Waals surface area contributed by atoms with Gasteiger partial charge in [-0.15, -0.1) is 0 Å². The van der Waals surface area contributed by atoms with Crippen molar-refractivity contribution < 1.29 is 13.2 Å². The number of nitrogens with zero attached hydrogens (tertiary/aromatic N) is 2. The molecule has 0 aliphatic carbocycles. The van der Waals surface area contributed by atoms with Crippen LogP contribution in [0.4, 0.5) is 0 Å².